The second-order valence-corrected chi connectivity index (χ2v) is 8.24. The lowest BCUT2D eigenvalue weighted by Crippen LogP contribution is -2.45. The molecule has 2 N–H and O–H groups in total. The summed E-state index contributed by atoms with van der Waals surface area (Å²) in [6.45, 7) is 12.5. The first-order chi connectivity index (χ1) is 14.2. The quantitative estimate of drug-likeness (QED) is 0.527. The number of hydrogen-bond donors (Lipinski definition) is 2. The molecule has 1 aliphatic rings. The molecule has 0 unspecified atom stereocenters. The summed E-state index contributed by atoms with van der Waals surface area (Å²) in [5.41, 5.74) is 3.57. The van der Waals surface area contributed by atoms with Crippen molar-refractivity contribution in [1.82, 2.24) is 15.5 Å². The van der Waals surface area contributed by atoms with Crippen molar-refractivity contribution in [2.75, 3.05) is 45.9 Å². The van der Waals surface area contributed by atoms with Crippen molar-refractivity contribution in [3.8, 4) is 11.5 Å². The molecule has 1 fully saturated rings. The fraction of sp³-hybridized carbons (Fsp3) is 0.478. The summed E-state index contributed by atoms with van der Waals surface area (Å²) >= 11 is 3.68. The number of piperazine rings is 1. The summed E-state index contributed by atoms with van der Waals surface area (Å²) in [5, 5.41) is 6.94. The van der Waals surface area contributed by atoms with E-state index in [9.17, 15) is 0 Å². The lowest BCUT2D eigenvalue weighted by Gasteiger charge is -2.27. The Morgan fingerprint density at radius 2 is 1.93 bits per heavy atom. The van der Waals surface area contributed by atoms with Crippen LogP contribution in [0, 0.1) is 6.92 Å². The van der Waals surface area contributed by atoms with Crippen LogP contribution in [0.25, 0.3) is 0 Å². The van der Waals surface area contributed by atoms with Gasteiger partial charge in [0.15, 0.2) is 11.5 Å². The molecular formula is C23H32BrN3O2. The van der Waals surface area contributed by atoms with Gasteiger partial charge in [-0.1, -0.05) is 29.8 Å². The van der Waals surface area contributed by atoms with Crippen LogP contribution in [0.3, 0.4) is 0 Å². The Bertz CT molecular complexity index is 779. The van der Waals surface area contributed by atoms with Crippen LogP contribution in [0.5, 0.6) is 11.5 Å². The molecule has 2 aromatic rings. The highest BCUT2D eigenvalue weighted by molar-refractivity contribution is 9.10. The predicted octanol–water partition coefficient (Wildman–Crippen LogP) is 3.73. The Morgan fingerprint density at radius 1 is 1.10 bits per heavy atom. The molecular weight excluding hydrogens is 430 g/mol. The van der Waals surface area contributed by atoms with E-state index in [1.165, 1.54) is 11.1 Å². The van der Waals surface area contributed by atoms with Crippen molar-refractivity contribution < 1.29 is 9.47 Å². The third-order valence-corrected chi connectivity index (χ3v) is 5.57. The van der Waals surface area contributed by atoms with Gasteiger partial charge in [-0.3, -0.25) is 4.90 Å². The van der Waals surface area contributed by atoms with Crippen LogP contribution < -0.4 is 20.1 Å². The van der Waals surface area contributed by atoms with Gasteiger partial charge in [0.25, 0.3) is 0 Å². The van der Waals surface area contributed by atoms with Gasteiger partial charge in [0.05, 0.1) is 11.1 Å². The lowest BCUT2D eigenvalue weighted by molar-refractivity contribution is 0.241. The number of hydrogen-bond acceptors (Lipinski definition) is 5. The summed E-state index contributed by atoms with van der Waals surface area (Å²) in [7, 11) is 0. The van der Waals surface area contributed by atoms with E-state index in [0.29, 0.717) is 13.2 Å². The molecule has 0 amide bonds. The Morgan fingerprint density at radius 3 is 2.69 bits per heavy atom. The van der Waals surface area contributed by atoms with Gasteiger partial charge in [-0.05, 0) is 53.0 Å². The fourth-order valence-corrected chi connectivity index (χ4v) is 4.09. The van der Waals surface area contributed by atoms with Crippen molar-refractivity contribution in [3.63, 3.8) is 0 Å². The van der Waals surface area contributed by atoms with Gasteiger partial charge in [0.1, 0.15) is 6.61 Å². The summed E-state index contributed by atoms with van der Waals surface area (Å²) in [5.74, 6) is 1.55. The van der Waals surface area contributed by atoms with Gasteiger partial charge in [-0.2, -0.15) is 0 Å². The molecule has 0 saturated carbocycles. The zero-order valence-electron chi connectivity index (χ0n) is 17.5. The lowest BCUT2D eigenvalue weighted by atomic mass is 10.1. The number of rotatable bonds is 10. The normalized spacial score (nSPS) is 14.7. The molecule has 3 rings (SSSR count). The number of nitrogens with one attached hydrogen (secondary N) is 2. The molecule has 0 bridgehead atoms. The largest absolute Gasteiger partial charge is 0.490 e. The molecule has 1 saturated heterocycles. The Hall–Kier alpha value is -1.60. The van der Waals surface area contributed by atoms with Crippen molar-refractivity contribution >= 4 is 15.9 Å². The summed E-state index contributed by atoms with van der Waals surface area (Å²) in [6.07, 6.45) is 0. The van der Waals surface area contributed by atoms with Crippen LogP contribution >= 0.6 is 15.9 Å². The summed E-state index contributed by atoms with van der Waals surface area (Å²) in [6, 6.07) is 12.6. The van der Waals surface area contributed by atoms with E-state index in [2.05, 4.69) is 74.8 Å². The molecule has 0 aliphatic carbocycles. The fourth-order valence-electron chi connectivity index (χ4n) is 3.49. The molecule has 0 radical (unpaired) electrons. The molecule has 158 valence electrons. The topological polar surface area (TPSA) is 45.8 Å². The van der Waals surface area contributed by atoms with Crippen LogP contribution in [0.15, 0.2) is 40.9 Å². The first-order valence-electron chi connectivity index (χ1n) is 10.4. The van der Waals surface area contributed by atoms with Crippen molar-refractivity contribution in [1.29, 1.82) is 0 Å². The molecule has 0 aromatic heterocycles. The van der Waals surface area contributed by atoms with Crippen LogP contribution in [0.2, 0.25) is 0 Å². The first kappa shape index (κ1) is 22.1. The number of ether oxygens (including phenoxy) is 2. The third-order valence-electron chi connectivity index (χ3n) is 4.98. The Labute approximate surface area is 182 Å². The van der Waals surface area contributed by atoms with Gasteiger partial charge in [0.2, 0.25) is 0 Å². The second-order valence-electron chi connectivity index (χ2n) is 7.38. The van der Waals surface area contributed by atoms with Crippen LogP contribution in [-0.2, 0) is 13.2 Å². The Balaban J connectivity index is 1.57. The van der Waals surface area contributed by atoms with Gasteiger partial charge >= 0.3 is 0 Å². The van der Waals surface area contributed by atoms with E-state index in [-0.39, 0.29) is 0 Å². The minimum Gasteiger partial charge on any atom is -0.490 e. The molecule has 1 heterocycles. The third kappa shape index (κ3) is 7.00. The highest BCUT2D eigenvalue weighted by Crippen LogP contribution is 2.37. The van der Waals surface area contributed by atoms with E-state index >= 15 is 0 Å². The highest BCUT2D eigenvalue weighted by Gasteiger charge is 2.13. The zero-order valence-corrected chi connectivity index (χ0v) is 19.1. The van der Waals surface area contributed by atoms with Crippen molar-refractivity contribution in [2.24, 2.45) is 0 Å². The standard InChI is InChI=1S/C23H32BrN3O2/c1-3-28-22-15-20(16-26-9-12-27-10-7-25-8-11-27)14-21(24)23(22)29-17-19-6-4-5-18(2)13-19/h4-6,13-15,25-26H,3,7-12,16-17H2,1-2H3. The number of nitrogens with zero attached hydrogens (tertiary/aromatic N) is 1. The average Bonchev–Trinajstić information content (AvgIpc) is 2.72. The number of aryl methyl sites for hydroxylation is 1. The second kappa shape index (κ2) is 11.6. The SMILES string of the molecule is CCOc1cc(CNCCN2CCNCC2)cc(Br)c1OCc1cccc(C)c1. The van der Waals surface area contributed by atoms with E-state index in [4.69, 9.17) is 9.47 Å². The van der Waals surface area contributed by atoms with E-state index in [1.807, 2.05) is 6.92 Å². The minimum absolute atomic E-state index is 0.517. The van der Waals surface area contributed by atoms with Crippen LogP contribution in [0.1, 0.15) is 23.6 Å². The van der Waals surface area contributed by atoms with Crippen LogP contribution in [-0.4, -0.2) is 50.8 Å². The molecule has 29 heavy (non-hydrogen) atoms. The smallest absolute Gasteiger partial charge is 0.175 e. The van der Waals surface area contributed by atoms with Gasteiger partial charge in [-0.15, -0.1) is 0 Å². The van der Waals surface area contributed by atoms with Crippen molar-refractivity contribution in [2.45, 2.75) is 27.0 Å². The van der Waals surface area contributed by atoms with Gasteiger partial charge in [-0.25, -0.2) is 0 Å². The molecule has 1 aliphatic heterocycles. The maximum absolute atomic E-state index is 6.12. The van der Waals surface area contributed by atoms with Crippen molar-refractivity contribution in [3.05, 3.63) is 57.6 Å². The van der Waals surface area contributed by atoms with E-state index in [0.717, 1.165) is 67.3 Å². The molecule has 2 aromatic carbocycles. The maximum atomic E-state index is 6.12. The number of benzene rings is 2. The molecule has 6 heteroatoms. The van der Waals surface area contributed by atoms with E-state index in [1.54, 1.807) is 0 Å². The average molecular weight is 462 g/mol. The molecule has 5 nitrogen and oxygen atoms in total. The monoisotopic (exact) mass is 461 g/mol. The maximum Gasteiger partial charge on any atom is 0.175 e. The predicted molar refractivity (Wildman–Crippen MR) is 122 cm³/mol. The number of halogens is 1. The molecule has 0 spiro atoms. The zero-order chi connectivity index (χ0) is 20.5. The van der Waals surface area contributed by atoms with E-state index < -0.39 is 0 Å². The van der Waals surface area contributed by atoms with Crippen LogP contribution in [0.4, 0.5) is 0 Å². The minimum atomic E-state index is 0.517. The molecule has 0 atom stereocenters. The highest BCUT2D eigenvalue weighted by atomic mass is 79.9. The van der Waals surface area contributed by atoms with Gasteiger partial charge < -0.3 is 20.1 Å². The Kier molecular flexibility index (Phi) is 8.80. The summed E-state index contributed by atoms with van der Waals surface area (Å²) < 4.78 is 12.9. The summed E-state index contributed by atoms with van der Waals surface area (Å²) in [4.78, 5) is 2.49. The van der Waals surface area contributed by atoms with Gasteiger partial charge in [0, 0.05) is 45.8 Å². The first-order valence-corrected chi connectivity index (χ1v) is 11.2.